The van der Waals surface area contributed by atoms with Crippen molar-refractivity contribution in [1.29, 1.82) is 0 Å². The average Bonchev–Trinajstić information content (AvgIpc) is 2.50. The fraction of sp³-hybridized carbons (Fsp3) is 0.933. The summed E-state index contributed by atoms with van der Waals surface area (Å²) in [7, 11) is 0. The van der Waals surface area contributed by atoms with E-state index in [1.54, 1.807) is 0 Å². The Morgan fingerprint density at radius 3 is 2.71 bits per heavy atom. The molecule has 2 heteroatoms. The molecule has 1 spiro atoms. The quantitative estimate of drug-likeness (QED) is 0.784. The van der Waals surface area contributed by atoms with E-state index in [1.807, 2.05) is 0 Å². The smallest absolute Gasteiger partial charge is 0.220 e. The number of hydrogen-bond donors (Lipinski definition) is 1. The third-order valence-electron chi connectivity index (χ3n) is 5.07. The molecular formula is C15H27NO. The normalized spacial score (nSPS) is 42.2. The van der Waals surface area contributed by atoms with Gasteiger partial charge >= 0.3 is 0 Å². The standard InChI is InChI=1S/C15H27NO/c1-10(2)7-13-15(9-14(17)16-13)6-5-11(3)8-12(15)4/h10-13H,5-9H2,1-4H3,(H,16,17). The molecule has 2 rings (SSSR count). The maximum absolute atomic E-state index is 11.8. The van der Waals surface area contributed by atoms with Crippen LogP contribution in [0.2, 0.25) is 0 Å². The van der Waals surface area contributed by atoms with Crippen LogP contribution in [0.15, 0.2) is 0 Å². The maximum Gasteiger partial charge on any atom is 0.220 e. The molecule has 1 saturated heterocycles. The lowest BCUT2D eigenvalue weighted by Gasteiger charge is -2.45. The minimum Gasteiger partial charge on any atom is -0.353 e. The molecule has 2 fully saturated rings. The van der Waals surface area contributed by atoms with E-state index >= 15 is 0 Å². The van der Waals surface area contributed by atoms with Crippen molar-refractivity contribution in [2.45, 2.75) is 65.8 Å². The van der Waals surface area contributed by atoms with Crippen LogP contribution in [0.4, 0.5) is 0 Å². The summed E-state index contributed by atoms with van der Waals surface area (Å²) in [6.45, 7) is 9.23. The first-order chi connectivity index (χ1) is 7.94. The number of nitrogens with one attached hydrogen (secondary N) is 1. The van der Waals surface area contributed by atoms with E-state index < -0.39 is 0 Å². The van der Waals surface area contributed by atoms with E-state index in [0.29, 0.717) is 17.9 Å². The van der Waals surface area contributed by atoms with Crippen molar-refractivity contribution in [1.82, 2.24) is 5.32 Å². The summed E-state index contributed by atoms with van der Waals surface area (Å²) in [6, 6.07) is 0.428. The fourth-order valence-electron chi connectivity index (χ4n) is 4.07. The van der Waals surface area contributed by atoms with E-state index in [4.69, 9.17) is 0 Å². The third kappa shape index (κ3) is 2.36. The van der Waals surface area contributed by atoms with Crippen molar-refractivity contribution >= 4 is 5.91 Å². The van der Waals surface area contributed by atoms with Crippen LogP contribution in [-0.4, -0.2) is 11.9 Å². The molecule has 1 heterocycles. The van der Waals surface area contributed by atoms with Crippen LogP contribution in [0.5, 0.6) is 0 Å². The number of amides is 1. The molecule has 17 heavy (non-hydrogen) atoms. The zero-order chi connectivity index (χ0) is 12.6. The Labute approximate surface area is 106 Å². The van der Waals surface area contributed by atoms with Gasteiger partial charge in [0, 0.05) is 17.9 Å². The fourth-order valence-corrected chi connectivity index (χ4v) is 4.07. The number of hydrogen-bond acceptors (Lipinski definition) is 1. The highest BCUT2D eigenvalue weighted by atomic mass is 16.2. The lowest BCUT2D eigenvalue weighted by Crippen LogP contribution is -2.45. The summed E-state index contributed by atoms with van der Waals surface area (Å²) < 4.78 is 0. The maximum atomic E-state index is 11.8. The molecule has 2 nitrogen and oxygen atoms in total. The van der Waals surface area contributed by atoms with Crippen LogP contribution in [0.1, 0.15) is 59.8 Å². The lowest BCUT2D eigenvalue weighted by atomic mass is 9.59. The van der Waals surface area contributed by atoms with Gasteiger partial charge in [-0.3, -0.25) is 4.79 Å². The second-order valence-electron chi connectivity index (χ2n) is 6.94. The summed E-state index contributed by atoms with van der Waals surface area (Å²) >= 11 is 0. The van der Waals surface area contributed by atoms with Crippen molar-refractivity contribution in [3.05, 3.63) is 0 Å². The van der Waals surface area contributed by atoms with Crippen molar-refractivity contribution < 1.29 is 4.79 Å². The highest BCUT2D eigenvalue weighted by Crippen LogP contribution is 2.51. The Kier molecular flexibility index (Phi) is 3.51. The number of carbonyl (C=O) groups excluding carboxylic acids is 1. The average molecular weight is 237 g/mol. The van der Waals surface area contributed by atoms with E-state index in [9.17, 15) is 4.79 Å². The van der Waals surface area contributed by atoms with Gasteiger partial charge < -0.3 is 5.32 Å². The SMILES string of the molecule is CC(C)CC1NC(=O)CC12CCC(C)CC2C. The first-order valence-corrected chi connectivity index (χ1v) is 7.23. The van der Waals surface area contributed by atoms with Crippen molar-refractivity contribution in [2.75, 3.05) is 0 Å². The van der Waals surface area contributed by atoms with Crippen LogP contribution >= 0.6 is 0 Å². The topological polar surface area (TPSA) is 29.1 Å². The van der Waals surface area contributed by atoms with Crippen molar-refractivity contribution in [3.63, 3.8) is 0 Å². The second-order valence-corrected chi connectivity index (χ2v) is 6.94. The summed E-state index contributed by atoms with van der Waals surface area (Å²) in [5.41, 5.74) is 0.272. The Hall–Kier alpha value is -0.530. The second kappa shape index (κ2) is 4.62. The first kappa shape index (κ1) is 12.9. The van der Waals surface area contributed by atoms with Gasteiger partial charge in [-0.25, -0.2) is 0 Å². The van der Waals surface area contributed by atoms with E-state index in [2.05, 4.69) is 33.0 Å². The molecule has 4 unspecified atom stereocenters. The van der Waals surface area contributed by atoms with Gasteiger partial charge in [-0.2, -0.15) is 0 Å². The molecule has 1 saturated carbocycles. The first-order valence-electron chi connectivity index (χ1n) is 7.23. The van der Waals surface area contributed by atoms with Crippen LogP contribution in [0, 0.1) is 23.2 Å². The molecular weight excluding hydrogens is 210 g/mol. The molecule has 0 aromatic heterocycles. The minimum absolute atomic E-state index is 0.272. The molecule has 0 bridgehead atoms. The summed E-state index contributed by atoms with van der Waals surface area (Å²) in [4.78, 5) is 11.8. The van der Waals surface area contributed by atoms with E-state index in [1.165, 1.54) is 19.3 Å². The Morgan fingerprint density at radius 1 is 1.41 bits per heavy atom. The Balaban J connectivity index is 2.17. The molecule has 98 valence electrons. The van der Waals surface area contributed by atoms with Gasteiger partial charge in [0.2, 0.25) is 5.91 Å². The Bertz CT molecular complexity index is 299. The minimum atomic E-state index is 0.272. The van der Waals surface area contributed by atoms with Crippen LogP contribution in [0.3, 0.4) is 0 Å². The van der Waals surface area contributed by atoms with Gasteiger partial charge in [0.1, 0.15) is 0 Å². The Morgan fingerprint density at radius 2 is 2.12 bits per heavy atom. The molecule has 0 aromatic carbocycles. The summed E-state index contributed by atoms with van der Waals surface area (Å²) in [5, 5.41) is 3.25. The van der Waals surface area contributed by atoms with Crippen molar-refractivity contribution in [3.8, 4) is 0 Å². The summed E-state index contributed by atoms with van der Waals surface area (Å²) in [6.07, 6.45) is 5.76. The molecule has 0 aromatic rings. The third-order valence-corrected chi connectivity index (χ3v) is 5.07. The van der Waals surface area contributed by atoms with Crippen LogP contribution < -0.4 is 5.32 Å². The van der Waals surface area contributed by atoms with E-state index in [-0.39, 0.29) is 11.3 Å². The molecule has 1 N–H and O–H groups in total. The van der Waals surface area contributed by atoms with Gasteiger partial charge in [0.25, 0.3) is 0 Å². The van der Waals surface area contributed by atoms with Gasteiger partial charge in [0.05, 0.1) is 0 Å². The predicted molar refractivity (Wildman–Crippen MR) is 70.6 cm³/mol. The monoisotopic (exact) mass is 237 g/mol. The lowest BCUT2D eigenvalue weighted by molar-refractivity contribution is -0.120. The highest BCUT2D eigenvalue weighted by Gasteiger charge is 2.51. The van der Waals surface area contributed by atoms with Gasteiger partial charge in [0.15, 0.2) is 0 Å². The molecule has 1 amide bonds. The molecule has 4 atom stereocenters. The zero-order valence-electron chi connectivity index (χ0n) is 11.8. The van der Waals surface area contributed by atoms with Crippen LogP contribution in [0.25, 0.3) is 0 Å². The van der Waals surface area contributed by atoms with Crippen LogP contribution in [-0.2, 0) is 4.79 Å². The predicted octanol–water partition coefficient (Wildman–Crippen LogP) is 3.36. The highest BCUT2D eigenvalue weighted by molar-refractivity contribution is 5.80. The van der Waals surface area contributed by atoms with E-state index in [0.717, 1.165) is 18.8 Å². The van der Waals surface area contributed by atoms with Gasteiger partial charge in [-0.05, 0) is 37.0 Å². The molecule has 2 aliphatic rings. The zero-order valence-corrected chi connectivity index (χ0v) is 11.8. The van der Waals surface area contributed by atoms with Gasteiger partial charge in [-0.15, -0.1) is 0 Å². The molecule has 0 radical (unpaired) electrons. The number of rotatable bonds is 2. The molecule has 1 aliphatic carbocycles. The molecule has 1 aliphatic heterocycles. The number of carbonyl (C=O) groups is 1. The largest absolute Gasteiger partial charge is 0.353 e. The van der Waals surface area contributed by atoms with Gasteiger partial charge in [-0.1, -0.05) is 34.1 Å². The summed E-state index contributed by atoms with van der Waals surface area (Å²) in [5.74, 6) is 2.49. The van der Waals surface area contributed by atoms with Crippen molar-refractivity contribution in [2.24, 2.45) is 23.2 Å².